The molecule has 9 nitrogen and oxygen atoms in total. The fourth-order valence-electron chi connectivity index (χ4n) is 3.81. The number of fused-ring (bicyclic) bond motifs is 1. The maximum atomic E-state index is 12.7. The lowest BCUT2D eigenvalue weighted by atomic mass is 9.93. The number of furan rings is 2. The lowest BCUT2D eigenvalue weighted by Crippen LogP contribution is -2.41. The number of nitrogens with one attached hydrogen (secondary N) is 3. The highest BCUT2D eigenvalue weighted by Gasteiger charge is 2.28. The molecular weight excluding hydrogens is 424 g/mol. The van der Waals surface area contributed by atoms with Gasteiger partial charge in [0.2, 0.25) is 5.91 Å². The molecule has 33 heavy (non-hydrogen) atoms. The van der Waals surface area contributed by atoms with E-state index >= 15 is 0 Å². The fraction of sp³-hybridized carbons (Fsp3) is 0.250. The minimum Gasteiger partial charge on any atom is -0.469 e. The zero-order valence-electron chi connectivity index (χ0n) is 18.4. The van der Waals surface area contributed by atoms with Gasteiger partial charge in [0.05, 0.1) is 24.0 Å². The predicted octanol–water partition coefficient (Wildman–Crippen LogP) is 2.96. The minimum atomic E-state index is -0.580. The highest BCUT2D eigenvalue weighted by atomic mass is 16.4. The standard InChI is InChI=1S/C24H24N4O5/c1-14-21-18(25-26-20(29)13-16-7-4-3-5-8-16)9-6-10-19(21)33-22(14)24(31)28-27-23(30)17-11-12-32-15(17)2/h3-5,7-8,11-12H,6,9-10,13H2,1-2H3,(H,26,29)(H,27,30)(H,28,31)/b25-18+. The fourth-order valence-corrected chi connectivity index (χ4v) is 3.81. The van der Waals surface area contributed by atoms with Gasteiger partial charge in [-0.25, -0.2) is 5.43 Å². The van der Waals surface area contributed by atoms with Crippen molar-refractivity contribution in [1.82, 2.24) is 16.3 Å². The van der Waals surface area contributed by atoms with Gasteiger partial charge in [-0.05, 0) is 38.3 Å². The van der Waals surface area contributed by atoms with Crippen molar-refractivity contribution in [3.63, 3.8) is 0 Å². The van der Waals surface area contributed by atoms with Gasteiger partial charge < -0.3 is 8.83 Å². The Bertz CT molecular complexity index is 1220. The Balaban J connectivity index is 1.45. The van der Waals surface area contributed by atoms with Crippen molar-refractivity contribution in [3.8, 4) is 0 Å². The Kier molecular flexibility index (Phi) is 6.39. The van der Waals surface area contributed by atoms with Gasteiger partial charge in [-0.3, -0.25) is 25.2 Å². The number of hydrazine groups is 1. The molecule has 1 aliphatic rings. The van der Waals surface area contributed by atoms with Crippen molar-refractivity contribution >= 4 is 23.4 Å². The number of hydrazone groups is 1. The quantitative estimate of drug-likeness (QED) is 0.518. The Morgan fingerprint density at radius 2 is 1.76 bits per heavy atom. The number of rotatable bonds is 5. The molecule has 0 spiro atoms. The van der Waals surface area contributed by atoms with Gasteiger partial charge in [-0.15, -0.1) is 0 Å². The first-order valence-electron chi connectivity index (χ1n) is 10.6. The summed E-state index contributed by atoms with van der Waals surface area (Å²) < 4.78 is 10.9. The third-order valence-electron chi connectivity index (χ3n) is 5.45. The molecule has 9 heteroatoms. The van der Waals surface area contributed by atoms with E-state index < -0.39 is 11.8 Å². The summed E-state index contributed by atoms with van der Waals surface area (Å²) in [6.45, 7) is 3.41. The number of hydrogen-bond acceptors (Lipinski definition) is 6. The summed E-state index contributed by atoms with van der Waals surface area (Å²) in [4.78, 5) is 37.1. The van der Waals surface area contributed by atoms with E-state index in [0.717, 1.165) is 17.5 Å². The van der Waals surface area contributed by atoms with Crippen LogP contribution in [0, 0.1) is 13.8 Å². The number of carbonyl (C=O) groups excluding carboxylic acids is 3. The van der Waals surface area contributed by atoms with E-state index in [0.29, 0.717) is 41.2 Å². The van der Waals surface area contributed by atoms with Crippen LogP contribution in [0.15, 0.2) is 56.6 Å². The first-order chi connectivity index (χ1) is 15.9. The van der Waals surface area contributed by atoms with Crippen molar-refractivity contribution in [2.75, 3.05) is 0 Å². The van der Waals surface area contributed by atoms with Gasteiger partial charge in [-0.2, -0.15) is 5.10 Å². The van der Waals surface area contributed by atoms with Crippen LogP contribution in [0.2, 0.25) is 0 Å². The molecule has 4 rings (SSSR count). The summed E-state index contributed by atoms with van der Waals surface area (Å²) >= 11 is 0. The van der Waals surface area contributed by atoms with Crippen LogP contribution < -0.4 is 16.3 Å². The maximum absolute atomic E-state index is 12.7. The number of aryl methyl sites for hydroxylation is 2. The molecule has 3 N–H and O–H groups in total. The van der Waals surface area contributed by atoms with Crippen LogP contribution in [0.5, 0.6) is 0 Å². The second kappa shape index (κ2) is 9.56. The molecule has 0 unspecified atom stereocenters. The summed E-state index contributed by atoms with van der Waals surface area (Å²) in [6.07, 6.45) is 3.71. The molecule has 0 fully saturated rings. The van der Waals surface area contributed by atoms with E-state index in [2.05, 4.69) is 21.4 Å². The van der Waals surface area contributed by atoms with E-state index in [9.17, 15) is 14.4 Å². The highest BCUT2D eigenvalue weighted by molar-refractivity contribution is 6.07. The lowest BCUT2D eigenvalue weighted by Gasteiger charge is -2.13. The Morgan fingerprint density at radius 3 is 2.48 bits per heavy atom. The van der Waals surface area contributed by atoms with Crippen molar-refractivity contribution < 1.29 is 23.2 Å². The molecule has 2 heterocycles. The molecule has 0 saturated heterocycles. The van der Waals surface area contributed by atoms with Crippen molar-refractivity contribution in [2.24, 2.45) is 5.10 Å². The molecule has 2 aromatic heterocycles. The third kappa shape index (κ3) is 4.87. The van der Waals surface area contributed by atoms with E-state index in [4.69, 9.17) is 8.83 Å². The number of nitrogens with zero attached hydrogens (tertiary/aromatic N) is 1. The second-order valence-corrected chi connectivity index (χ2v) is 7.76. The van der Waals surface area contributed by atoms with Crippen LogP contribution in [0.3, 0.4) is 0 Å². The monoisotopic (exact) mass is 448 g/mol. The topological polar surface area (TPSA) is 126 Å². The van der Waals surface area contributed by atoms with Crippen LogP contribution in [0.1, 0.15) is 62.0 Å². The molecule has 0 radical (unpaired) electrons. The second-order valence-electron chi connectivity index (χ2n) is 7.76. The lowest BCUT2D eigenvalue weighted by molar-refractivity contribution is -0.120. The normalized spacial score (nSPS) is 13.9. The molecule has 1 aromatic carbocycles. The zero-order chi connectivity index (χ0) is 23.4. The smallest absolute Gasteiger partial charge is 0.305 e. The average Bonchev–Trinajstić information content (AvgIpc) is 3.40. The SMILES string of the molecule is Cc1occc1C(=O)NNC(=O)c1oc2c(c1C)/C(=N/NC(=O)Cc1ccccc1)CCC2. The van der Waals surface area contributed by atoms with Crippen molar-refractivity contribution in [3.05, 3.63) is 82.2 Å². The van der Waals surface area contributed by atoms with Gasteiger partial charge in [0, 0.05) is 17.5 Å². The van der Waals surface area contributed by atoms with E-state index in [1.54, 1.807) is 13.8 Å². The molecule has 3 aromatic rings. The first-order valence-corrected chi connectivity index (χ1v) is 10.6. The van der Waals surface area contributed by atoms with Gasteiger partial charge >= 0.3 is 5.91 Å². The van der Waals surface area contributed by atoms with Crippen LogP contribution in [-0.4, -0.2) is 23.4 Å². The highest BCUT2D eigenvalue weighted by Crippen LogP contribution is 2.29. The summed E-state index contributed by atoms with van der Waals surface area (Å²) in [5.41, 5.74) is 10.6. The Morgan fingerprint density at radius 1 is 1.00 bits per heavy atom. The molecule has 3 amide bonds. The Hall–Kier alpha value is -4.14. The van der Waals surface area contributed by atoms with E-state index in [1.807, 2.05) is 30.3 Å². The molecule has 1 aliphatic carbocycles. The van der Waals surface area contributed by atoms with Crippen molar-refractivity contribution in [1.29, 1.82) is 0 Å². The first kappa shape index (κ1) is 22.1. The number of amides is 3. The van der Waals surface area contributed by atoms with Crippen LogP contribution in [0.25, 0.3) is 0 Å². The molecule has 0 bridgehead atoms. The average molecular weight is 448 g/mol. The van der Waals surface area contributed by atoms with Gasteiger partial charge in [0.1, 0.15) is 11.5 Å². The Labute approximate surface area is 190 Å². The molecule has 0 aliphatic heterocycles. The van der Waals surface area contributed by atoms with Crippen LogP contribution in [0.4, 0.5) is 0 Å². The molecule has 0 saturated carbocycles. The van der Waals surface area contributed by atoms with Crippen LogP contribution in [-0.2, 0) is 17.6 Å². The van der Waals surface area contributed by atoms with Gasteiger partial charge in [0.15, 0.2) is 5.76 Å². The summed E-state index contributed by atoms with van der Waals surface area (Å²) in [6, 6.07) is 10.9. The van der Waals surface area contributed by atoms with Crippen LogP contribution >= 0.6 is 0 Å². The third-order valence-corrected chi connectivity index (χ3v) is 5.45. The van der Waals surface area contributed by atoms with Gasteiger partial charge in [-0.1, -0.05) is 30.3 Å². The molecule has 170 valence electrons. The summed E-state index contributed by atoms with van der Waals surface area (Å²) in [5, 5.41) is 4.32. The van der Waals surface area contributed by atoms with Crippen molar-refractivity contribution in [2.45, 2.75) is 39.5 Å². The number of benzene rings is 1. The largest absolute Gasteiger partial charge is 0.469 e. The summed E-state index contributed by atoms with van der Waals surface area (Å²) in [7, 11) is 0. The molecule has 0 atom stereocenters. The van der Waals surface area contributed by atoms with E-state index in [1.165, 1.54) is 12.3 Å². The minimum absolute atomic E-state index is 0.0921. The molecular formula is C24H24N4O5. The number of carbonyl (C=O) groups is 3. The van der Waals surface area contributed by atoms with E-state index in [-0.39, 0.29) is 18.1 Å². The van der Waals surface area contributed by atoms with Gasteiger partial charge in [0.25, 0.3) is 5.91 Å². The number of hydrogen-bond donors (Lipinski definition) is 3. The zero-order valence-corrected chi connectivity index (χ0v) is 18.4. The maximum Gasteiger partial charge on any atom is 0.305 e. The summed E-state index contributed by atoms with van der Waals surface area (Å²) in [5.74, 6) is -0.124. The predicted molar refractivity (Wildman–Crippen MR) is 120 cm³/mol.